The fraction of sp³-hybridized carbons (Fsp3) is 0.565. The normalized spacial score (nSPS) is 17.4. The molecular weight excluding hydrogens is 392 g/mol. The van der Waals surface area contributed by atoms with E-state index in [1.807, 2.05) is 30.7 Å². The largest absolute Gasteiger partial charge is 0.393 e. The monoisotopic (exact) mass is 424 g/mol. The van der Waals surface area contributed by atoms with E-state index >= 15 is 0 Å². The number of pyridine rings is 1. The van der Waals surface area contributed by atoms with E-state index < -0.39 is 0 Å². The standard InChI is InChI=1S/C23H32N6O2/c1-6-23(4,5)29-21(25-26-27-29)20(28-11-9-17(30)10-12-28)18-13-16-8-7-14(2)15(3)19(16)24-22(18)31/h7-8,13,17,20,30H,6,9-12H2,1-5H3,(H,24,31)/t20-/m1/s1. The highest BCUT2D eigenvalue weighted by atomic mass is 16.3. The Labute approximate surface area is 182 Å². The van der Waals surface area contributed by atoms with E-state index in [9.17, 15) is 9.90 Å². The van der Waals surface area contributed by atoms with Crippen LogP contribution in [-0.4, -0.2) is 54.4 Å². The van der Waals surface area contributed by atoms with Crippen LogP contribution < -0.4 is 5.56 Å². The van der Waals surface area contributed by atoms with Crippen molar-refractivity contribution in [1.82, 2.24) is 30.1 Å². The van der Waals surface area contributed by atoms with E-state index in [0.29, 0.717) is 37.3 Å². The molecule has 31 heavy (non-hydrogen) atoms. The van der Waals surface area contributed by atoms with Gasteiger partial charge in [-0.3, -0.25) is 9.69 Å². The molecule has 1 aliphatic rings. The molecule has 0 unspecified atom stereocenters. The van der Waals surface area contributed by atoms with Gasteiger partial charge >= 0.3 is 0 Å². The maximum Gasteiger partial charge on any atom is 0.253 e. The zero-order valence-corrected chi connectivity index (χ0v) is 19.0. The molecule has 0 bridgehead atoms. The summed E-state index contributed by atoms with van der Waals surface area (Å²) in [5.74, 6) is 0.664. The average molecular weight is 425 g/mol. The van der Waals surface area contributed by atoms with Crippen molar-refractivity contribution in [2.75, 3.05) is 13.1 Å². The topological polar surface area (TPSA) is 99.9 Å². The third-order valence-electron chi connectivity index (χ3n) is 6.92. The number of tetrazole rings is 1. The van der Waals surface area contributed by atoms with Crippen molar-refractivity contribution in [1.29, 1.82) is 0 Å². The van der Waals surface area contributed by atoms with Gasteiger partial charge in [0.05, 0.1) is 17.2 Å². The zero-order chi connectivity index (χ0) is 22.3. The molecule has 2 aromatic heterocycles. The fourth-order valence-corrected chi connectivity index (χ4v) is 4.33. The molecule has 1 aliphatic heterocycles. The first-order chi connectivity index (χ1) is 14.7. The van der Waals surface area contributed by atoms with E-state index in [0.717, 1.165) is 28.5 Å². The predicted octanol–water partition coefficient (Wildman–Crippen LogP) is 2.82. The average Bonchev–Trinajstić information content (AvgIpc) is 3.24. The summed E-state index contributed by atoms with van der Waals surface area (Å²) in [5, 5.41) is 23.7. The van der Waals surface area contributed by atoms with Crippen molar-refractivity contribution in [3.8, 4) is 0 Å². The van der Waals surface area contributed by atoms with Gasteiger partial charge in [-0.25, -0.2) is 4.68 Å². The zero-order valence-electron chi connectivity index (χ0n) is 19.0. The van der Waals surface area contributed by atoms with Crippen LogP contribution in [0.4, 0.5) is 0 Å². The molecule has 0 amide bonds. The summed E-state index contributed by atoms with van der Waals surface area (Å²) in [6, 6.07) is 5.72. The second kappa shape index (κ2) is 8.16. The summed E-state index contributed by atoms with van der Waals surface area (Å²) in [6.07, 6.45) is 1.88. The fourth-order valence-electron chi connectivity index (χ4n) is 4.33. The highest BCUT2D eigenvalue weighted by molar-refractivity contribution is 5.83. The van der Waals surface area contributed by atoms with E-state index in [-0.39, 0.29) is 23.2 Å². The number of benzene rings is 1. The lowest BCUT2D eigenvalue weighted by molar-refractivity contribution is 0.0644. The van der Waals surface area contributed by atoms with Crippen LogP contribution in [-0.2, 0) is 5.54 Å². The molecule has 8 nitrogen and oxygen atoms in total. The highest BCUT2D eigenvalue weighted by Crippen LogP contribution is 2.32. The van der Waals surface area contributed by atoms with E-state index in [4.69, 9.17) is 0 Å². The molecular formula is C23H32N6O2. The van der Waals surface area contributed by atoms with Crippen molar-refractivity contribution in [2.45, 2.75) is 71.6 Å². The number of piperidine rings is 1. The van der Waals surface area contributed by atoms with E-state index in [1.54, 1.807) is 0 Å². The third kappa shape index (κ3) is 3.90. The number of aromatic amines is 1. The molecule has 1 atom stereocenters. The minimum atomic E-state index is -0.386. The number of rotatable bonds is 5. The summed E-state index contributed by atoms with van der Waals surface area (Å²) in [6.45, 7) is 11.7. The van der Waals surface area contributed by atoms with Crippen molar-refractivity contribution >= 4 is 10.9 Å². The number of nitrogens with one attached hydrogen (secondary N) is 1. The number of fused-ring (bicyclic) bond motifs is 1. The Morgan fingerprint density at radius 2 is 1.97 bits per heavy atom. The van der Waals surface area contributed by atoms with Crippen LogP contribution in [0.1, 0.15) is 68.6 Å². The Hall–Kier alpha value is -2.58. The summed E-state index contributed by atoms with van der Waals surface area (Å²) in [5.41, 5.74) is 3.32. The van der Waals surface area contributed by atoms with Gasteiger partial charge in [0.15, 0.2) is 5.82 Å². The number of aryl methyl sites for hydroxylation is 2. The maximum atomic E-state index is 13.4. The minimum Gasteiger partial charge on any atom is -0.393 e. The van der Waals surface area contributed by atoms with Gasteiger partial charge in [-0.15, -0.1) is 5.10 Å². The molecule has 0 spiro atoms. The Morgan fingerprint density at radius 3 is 2.65 bits per heavy atom. The van der Waals surface area contributed by atoms with Gasteiger partial charge in [0.2, 0.25) is 0 Å². The molecule has 0 radical (unpaired) electrons. The SMILES string of the molecule is CCC(C)(C)n1nnnc1[C@@H](c1cc2ccc(C)c(C)c2[nH]c1=O)N1CCC(O)CC1. The molecule has 1 saturated heterocycles. The van der Waals surface area contributed by atoms with Crippen molar-refractivity contribution in [3.05, 3.63) is 51.1 Å². The number of aromatic nitrogens is 5. The Morgan fingerprint density at radius 1 is 1.26 bits per heavy atom. The lowest BCUT2D eigenvalue weighted by Crippen LogP contribution is -2.43. The molecule has 166 valence electrons. The van der Waals surface area contributed by atoms with Crippen LogP contribution in [0.2, 0.25) is 0 Å². The minimum absolute atomic E-state index is 0.124. The van der Waals surface area contributed by atoms with Crippen LogP contribution >= 0.6 is 0 Å². The summed E-state index contributed by atoms with van der Waals surface area (Å²) in [7, 11) is 0. The summed E-state index contributed by atoms with van der Waals surface area (Å²) in [4.78, 5) is 18.7. The number of hydrogen-bond acceptors (Lipinski definition) is 6. The number of hydrogen-bond donors (Lipinski definition) is 2. The first-order valence-electron chi connectivity index (χ1n) is 11.1. The summed E-state index contributed by atoms with van der Waals surface area (Å²) >= 11 is 0. The molecule has 3 aromatic rings. The van der Waals surface area contributed by atoms with Gasteiger partial charge in [-0.2, -0.15) is 0 Å². The van der Waals surface area contributed by atoms with Crippen LogP contribution in [0, 0.1) is 13.8 Å². The molecule has 0 saturated carbocycles. The molecule has 0 aliphatic carbocycles. The third-order valence-corrected chi connectivity index (χ3v) is 6.92. The number of nitrogens with zero attached hydrogens (tertiary/aromatic N) is 5. The number of aliphatic hydroxyl groups excluding tert-OH is 1. The van der Waals surface area contributed by atoms with Crippen molar-refractivity contribution < 1.29 is 5.11 Å². The van der Waals surface area contributed by atoms with E-state index in [2.05, 4.69) is 52.2 Å². The van der Waals surface area contributed by atoms with Crippen molar-refractivity contribution in [3.63, 3.8) is 0 Å². The molecule has 4 rings (SSSR count). The van der Waals surface area contributed by atoms with Gasteiger partial charge in [0.1, 0.15) is 6.04 Å². The van der Waals surface area contributed by atoms with Crippen LogP contribution in [0.25, 0.3) is 10.9 Å². The van der Waals surface area contributed by atoms with Gasteiger partial charge in [0.25, 0.3) is 5.56 Å². The number of aliphatic hydroxyl groups is 1. The molecule has 1 fully saturated rings. The second-order valence-electron chi connectivity index (χ2n) is 9.31. The van der Waals surface area contributed by atoms with Gasteiger partial charge < -0.3 is 10.1 Å². The quantitative estimate of drug-likeness (QED) is 0.653. The Balaban J connectivity index is 1.91. The molecule has 3 heterocycles. The first kappa shape index (κ1) is 21.6. The lowest BCUT2D eigenvalue weighted by Gasteiger charge is -2.36. The predicted molar refractivity (Wildman–Crippen MR) is 120 cm³/mol. The second-order valence-corrected chi connectivity index (χ2v) is 9.31. The number of H-pyrrole nitrogens is 1. The lowest BCUT2D eigenvalue weighted by atomic mass is 9.96. The summed E-state index contributed by atoms with van der Waals surface area (Å²) < 4.78 is 1.85. The highest BCUT2D eigenvalue weighted by Gasteiger charge is 2.35. The van der Waals surface area contributed by atoms with Crippen LogP contribution in [0.3, 0.4) is 0 Å². The van der Waals surface area contributed by atoms with Crippen molar-refractivity contribution in [2.24, 2.45) is 0 Å². The molecule has 2 N–H and O–H groups in total. The van der Waals surface area contributed by atoms with Gasteiger partial charge in [0, 0.05) is 18.7 Å². The molecule has 1 aromatic carbocycles. The smallest absolute Gasteiger partial charge is 0.253 e. The Bertz CT molecular complexity index is 1140. The maximum absolute atomic E-state index is 13.4. The van der Waals surface area contributed by atoms with E-state index in [1.165, 1.54) is 0 Å². The van der Waals surface area contributed by atoms with Crippen LogP contribution in [0.5, 0.6) is 0 Å². The Kier molecular flexibility index (Phi) is 5.70. The molecule has 8 heteroatoms. The van der Waals surface area contributed by atoms with Gasteiger partial charge in [-0.1, -0.05) is 19.1 Å². The first-order valence-corrected chi connectivity index (χ1v) is 11.1. The number of likely N-dealkylation sites (tertiary alicyclic amines) is 1. The van der Waals surface area contributed by atoms with Crippen LogP contribution in [0.15, 0.2) is 23.0 Å². The van der Waals surface area contributed by atoms with Gasteiger partial charge in [-0.05, 0) is 80.0 Å².